The highest BCUT2D eigenvalue weighted by molar-refractivity contribution is 6.04. The number of carbonyl (C=O) groups excluding carboxylic acids is 2. The first-order valence-electron chi connectivity index (χ1n) is 7.57. The molecule has 1 heterocycles. The number of aliphatic hydroxyl groups is 1. The van der Waals surface area contributed by atoms with Crippen molar-refractivity contribution in [3.05, 3.63) is 35.4 Å². The lowest BCUT2D eigenvalue weighted by atomic mass is 10.0. The summed E-state index contributed by atoms with van der Waals surface area (Å²) in [6.45, 7) is 3.25. The summed E-state index contributed by atoms with van der Waals surface area (Å²) in [7, 11) is 0. The number of hydrogen-bond acceptors (Lipinski definition) is 3. The minimum absolute atomic E-state index is 0.162. The van der Waals surface area contributed by atoms with Crippen molar-refractivity contribution in [1.29, 1.82) is 0 Å². The molecule has 1 aliphatic heterocycles. The summed E-state index contributed by atoms with van der Waals surface area (Å²) in [6, 6.07) is 3.16. The summed E-state index contributed by atoms with van der Waals surface area (Å²) in [4.78, 5) is 24.9. The van der Waals surface area contributed by atoms with Crippen LogP contribution in [0.2, 0.25) is 0 Å². The fourth-order valence-corrected chi connectivity index (χ4v) is 2.70. The molecule has 1 aliphatic rings. The molecule has 1 saturated heterocycles. The summed E-state index contributed by atoms with van der Waals surface area (Å²) >= 11 is 0. The Morgan fingerprint density at radius 3 is 2.46 bits per heavy atom. The van der Waals surface area contributed by atoms with Crippen LogP contribution in [-0.4, -0.2) is 34.5 Å². The number of carbonyl (C=O) groups is 2. The maximum atomic E-state index is 13.0. The Bertz CT molecular complexity index is 631. The van der Waals surface area contributed by atoms with E-state index in [1.807, 2.05) is 13.8 Å². The van der Waals surface area contributed by atoms with Crippen LogP contribution in [0, 0.1) is 5.92 Å². The Hall–Kier alpha value is -2.09. The van der Waals surface area contributed by atoms with Crippen LogP contribution in [0.4, 0.5) is 18.0 Å². The number of nitrogens with one attached hydrogen (secondary N) is 1. The van der Waals surface area contributed by atoms with E-state index in [1.54, 1.807) is 0 Å². The van der Waals surface area contributed by atoms with E-state index in [9.17, 15) is 27.9 Å². The highest BCUT2D eigenvalue weighted by atomic mass is 19.4. The molecule has 0 saturated carbocycles. The van der Waals surface area contributed by atoms with E-state index in [2.05, 4.69) is 5.32 Å². The number of halogens is 3. The molecule has 1 aromatic carbocycles. The first kappa shape index (κ1) is 18.3. The summed E-state index contributed by atoms with van der Waals surface area (Å²) in [6.07, 6.45) is -5.82. The number of benzene rings is 1. The van der Waals surface area contributed by atoms with Crippen molar-refractivity contribution in [3.63, 3.8) is 0 Å². The van der Waals surface area contributed by atoms with Crippen LogP contribution in [0.15, 0.2) is 24.3 Å². The van der Waals surface area contributed by atoms with Crippen molar-refractivity contribution in [1.82, 2.24) is 10.2 Å². The van der Waals surface area contributed by atoms with Gasteiger partial charge >= 0.3 is 12.2 Å². The largest absolute Gasteiger partial charge is 0.416 e. The minimum atomic E-state index is -4.63. The van der Waals surface area contributed by atoms with E-state index in [-0.39, 0.29) is 11.5 Å². The third-order valence-electron chi connectivity index (χ3n) is 3.79. The van der Waals surface area contributed by atoms with Crippen molar-refractivity contribution in [2.75, 3.05) is 6.54 Å². The second-order valence-corrected chi connectivity index (χ2v) is 6.18. The molecule has 0 aromatic heterocycles. The molecule has 2 rings (SSSR count). The smallest absolute Gasteiger partial charge is 0.387 e. The Morgan fingerprint density at radius 2 is 1.88 bits per heavy atom. The van der Waals surface area contributed by atoms with E-state index in [0.717, 1.165) is 17.0 Å². The molecule has 3 amide bonds. The predicted molar refractivity (Wildman–Crippen MR) is 79.9 cm³/mol. The average Bonchev–Trinajstić information content (AvgIpc) is 2.73. The molecule has 5 nitrogen and oxygen atoms in total. The zero-order valence-corrected chi connectivity index (χ0v) is 13.3. The molecular weight excluding hydrogens is 325 g/mol. The lowest BCUT2D eigenvalue weighted by molar-refractivity contribution is -0.139. The van der Waals surface area contributed by atoms with Gasteiger partial charge in [0.05, 0.1) is 18.2 Å². The van der Waals surface area contributed by atoms with Gasteiger partial charge in [-0.1, -0.05) is 32.0 Å². The number of imide groups is 1. The summed E-state index contributed by atoms with van der Waals surface area (Å²) in [5.74, 6) is -0.368. The van der Waals surface area contributed by atoms with Gasteiger partial charge in [-0.25, -0.2) is 4.79 Å². The van der Waals surface area contributed by atoms with Crippen LogP contribution in [0.1, 0.15) is 37.5 Å². The molecule has 0 unspecified atom stereocenters. The minimum Gasteiger partial charge on any atom is -0.387 e. The number of rotatable bonds is 5. The molecule has 0 bridgehead atoms. The highest BCUT2D eigenvalue weighted by Crippen LogP contribution is 2.35. The molecule has 1 aromatic rings. The van der Waals surface area contributed by atoms with Crippen LogP contribution in [-0.2, 0) is 11.0 Å². The van der Waals surface area contributed by atoms with Gasteiger partial charge in [0.15, 0.2) is 0 Å². The van der Waals surface area contributed by atoms with Crippen molar-refractivity contribution in [3.8, 4) is 0 Å². The van der Waals surface area contributed by atoms with Gasteiger partial charge in [-0.15, -0.1) is 0 Å². The zero-order valence-electron chi connectivity index (χ0n) is 13.3. The van der Waals surface area contributed by atoms with Crippen molar-refractivity contribution < 1.29 is 27.9 Å². The van der Waals surface area contributed by atoms with E-state index < -0.39 is 42.4 Å². The van der Waals surface area contributed by atoms with Gasteiger partial charge in [0.25, 0.3) is 5.91 Å². The normalized spacial score (nSPS) is 19.8. The van der Waals surface area contributed by atoms with Crippen LogP contribution in [0.25, 0.3) is 0 Å². The first-order chi connectivity index (χ1) is 11.1. The number of nitrogens with zero attached hydrogens (tertiary/aromatic N) is 1. The fourth-order valence-electron chi connectivity index (χ4n) is 2.70. The topological polar surface area (TPSA) is 69.6 Å². The van der Waals surface area contributed by atoms with Crippen molar-refractivity contribution >= 4 is 11.9 Å². The van der Waals surface area contributed by atoms with Gasteiger partial charge in [-0.2, -0.15) is 13.2 Å². The fraction of sp³-hybridized carbons (Fsp3) is 0.500. The standard InChI is InChI=1S/C16H19F3N2O3/c1-9(2)7-12-14(23)21(15(24)20-12)8-13(22)10-5-3-4-6-11(10)16(17,18)19/h3-6,9,12-13,22H,7-8H2,1-2H3,(H,20,24)/t12-,13+/m1/s1. The zero-order chi connectivity index (χ0) is 18.1. The molecule has 1 fully saturated rings. The quantitative estimate of drug-likeness (QED) is 0.807. The number of amides is 3. The lowest BCUT2D eigenvalue weighted by Crippen LogP contribution is -2.35. The molecule has 2 N–H and O–H groups in total. The Morgan fingerprint density at radius 1 is 1.25 bits per heavy atom. The van der Waals surface area contributed by atoms with Gasteiger partial charge in [0.1, 0.15) is 6.04 Å². The maximum absolute atomic E-state index is 13.0. The molecular formula is C16H19F3N2O3. The Kier molecular flexibility index (Phi) is 5.17. The average molecular weight is 344 g/mol. The molecule has 2 atom stereocenters. The van der Waals surface area contributed by atoms with E-state index in [0.29, 0.717) is 6.42 Å². The van der Waals surface area contributed by atoms with Crippen LogP contribution in [0.3, 0.4) is 0 Å². The lowest BCUT2D eigenvalue weighted by Gasteiger charge is -2.21. The third kappa shape index (κ3) is 3.87. The first-order valence-corrected chi connectivity index (χ1v) is 7.57. The molecule has 0 aliphatic carbocycles. The number of alkyl halides is 3. The summed E-state index contributed by atoms with van der Waals surface area (Å²) in [5, 5.41) is 12.6. The molecule has 8 heteroatoms. The number of β-amino-alcohol motifs (C(OH)–C–C–N with tert-alkyl or cyclic N) is 1. The van der Waals surface area contributed by atoms with Gasteiger partial charge in [0, 0.05) is 0 Å². The van der Waals surface area contributed by atoms with Crippen molar-refractivity contribution in [2.24, 2.45) is 5.92 Å². The third-order valence-corrected chi connectivity index (χ3v) is 3.79. The second kappa shape index (κ2) is 6.80. The SMILES string of the molecule is CC(C)C[C@H]1NC(=O)N(C[C@H](O)c2ccccc2C(F)(F)F)C1=O. The number of urea groups is 1. The van der Waals surface area contributed by atoms with Crippen LogP contribution >= 0.6 is 0 Å². The summed E-state index contributed by atoms with van der Waals surface area (Å²) < 4.78 is 39.0. The van der Waals surface area contributed by atoms with Gasteiger partial charge in [-0.3, -0.25) is 9.69 Å². The number of aliphatic hydroxyl groups excluding tert-OH is 1. The molecule has 0 spiro atoms. The van der Waals surface area contributed by atoms with Gasteiger partial charge in [0.2, 0.25) is 0 Å². The molecule has 132 valence electrons. The van der Waals surface area contributed by atoms with E-state index in [1.165, 1.54) is 12.1 Å². The van der Waals surface area contributed by atoms with E-state index >= 15 is 0 Å². The molecule has 0 radical (unpaired) electrons. The Labute approximate surface area is 137 Å². The van der Waals surface area contributed by atoms with Crippen molar-refractivity contribution in [2.45, 2.75) is 38.6 Å². The Balaban J connectivity index is 2.17. The predicted octanol–water partition coefficient (Wildman–Crippen LogP) is 2.71. The van der Waals surface area contributed by atoms with Gasteiger partial charge < -0.3 is 10.4 Å². The second-order valence-electron chi connectivity index (χ2n) is 6.18. The van der Waals surface area contributed by atoms with Crippen LogP contribution < -0.4 is 5.32 Å². The summed E-state index contributed by atoms with van der Waals surface area (Å²) in [5.41, 5.74) is -1.35. The van der Waals surface area contributed by atoms with Crippen LogP contribution in [0.5, 0.6) is 0 Å². The molecule has 24 heavy (non-hydrogen) atoms. The monoisotopic (exact) mass is 344 g/mol. The highest BCUT2D eigenvalue weighted by Gasteiger charge is 2.40. The van der Waals surface area contributed by atoms with E-state index in [4.69, 9.17) is 0 Å². The van der Waals surface area contributed by atoms with Gasteiger partial charge in [-0.05, 0) is 24.0 Å². The maximum Gasteiger partial charge on any atom is 0.416 e. The number of hydrogen-bond donors (Lipinski definition) is 2.